The highest BCUT2D eigenvalue weighted by Crippen LogP contribution is 2.65. The molecule has 3 aromatic rings. The molecule has 0 N–H and O–H groups in total. The molecule has 3 aromatic carbocycles. The van der Waals surface area contributed by atoms with Crippen molar-refractivity contribution in [2.75, 3.05) is 0 Å². The van der Waals surface area contributed by atoms with Crippen molar-refractivity contribution in [2.24, 2.45) is 0 Å². The minimum Gasteiger partial charge on any atom is -0.0620 e. The summed E-state index contributed by atoms with van der Waals surface area (Å²) < 4.78 is 0. The van der Waals surface area contributed by atoms with Crippen LogP contribution in [-0.4, -0.2) is 5.66 Å². The van der Waals surface area contributed by atoms with Crippen molar-refractivity contribution in [1.29, 1.82) is 0 Å². The van der Waals surface area contributed by atoms with Gasteiger partial charge >= 0.3 is 0 Å². The van der Waals surface area contributed by atoms with Crippen LogP contribution in [0.3, 0.4) is 0 Å². The van der Waals surface area contributed by atoms with Gasteiger partial charge in [0.05, 0.1) is 5.66 Å². The van der Waals surface area contributed by atoms with Crippen LogP contribution in [0.15, 0.2) is 91.0 Å². The highest BCUT2D eigenvalue weighted by atomic mass is 31.2. The maximum absolute atomic E-state index is 2.35. The molecule has 23 heavy (non-hydrogen) atoms. The van der Waals surface area contributed by atoms with Crippen molar-refractivity contribution in [1.82, 2.24) is 0 Å². The summed E-state index contributed by atoms with van der Waals surface area (Å²) in [6.45, 7) is 0. The summed E-state index contributed by atoms with van der Waals surface area (Å²) in [6, 6.07) is 33.7. The summed E-state index contributed by atoms with van der Waals surface area (Å²) in [5.41, 5.74) is 0.787. The van der Waals surface area contributed by atoms with Gasteiger partial charge in [-0.25, -0.2) is 0 Å². The Labute approximate surface area is 139 Å². The van der Waals surface area contributed by atoms with Crippen LogP contribution in [0.5, 0.6) is 0 Å². The monoisotopic (exact) mass is 317 g/mol. The Morgan fingerprint density at radius 3 is 1.13 bits per heavy atom. The van der Waals surface area contributed by atoms with Gasteiger partial charge in [-0.3, -0.25) is 0 Å². The van der Waals surface area contributed by atoms with Crippen LogP contribution in [-0.2, 0) is 0 Å². The average molecular weight is 317 g/mol. The first-order valence-electron chi connectivity index (χ1n) is 8.48. The quantitative estimate of drug-likeness (QED) is 0.620. The van der Waals surface area contributed by atoms with Crippen LogP contribution >= 0.6 is 7.26 Å². The highest BCUT2D eigenvalue weighted by molar-refractivity contribution is 7.96. The highest BCUT2D eigenvalue weighted by Gasteiger charge is 2.54. The molecule has 0 unspecified atom stereocenters. The lowest BCUT2D eigenvalue weighted by molar-refractivity contribution is 0.515. The maximum atomic E-state index is 2.35. The largest absolute Gasteiger partial charge is 0.115 e. The van der Waals surface area contributed by atoms with Gasteiger partial charge in [0.2, 0.25) is 0 Å². The van der Waals surface area contributed by atoms with E-state index in [9.17, 15) is 0 Å². The molecule has 0 bridgehead atoms. The zero-order chi connectivity index (χ0) is 15.5. The zero-order valence-corrected chi connectivity index (χ0v) is 14.2. The normalized spacial score (nSPS) is 15.1. The molecule has 0 aliphatic heterocycles. The van der Waals surface area contributed by atoms with Gasteiger partial charge in [0.15, 0.2) is 0 Å². The molecule has 0 radical (unpaired) electrons. The van der Waals surface area contributed by atoms with E-state index in [0.29, 0.717) is 0 Å². The third-order valence-electron chi connectivity index (χ3n) is 5.11. The first kappa shape index (κ1) is 14.7. The molecule has 1 aliphatic rings. The van der Waals surface area contributed by atoms with Gasteiger partial charge in [-0.1, -0.05) is 54.6 Å². The zero-order valence-electron chi connectivity index (χ0n) is 13.3. The molecule has 0 nitrogen and oxygen atoms in total. The molecular weight excluding hydrogens is 295 g/mol. The Balaban J connectivity index is 2.02. The van der Waals surface area contributed by atoms with E-state index in [1.54, 1.807) is 0 Å². The number of rotatable bonds is 4. The summed E-state index contributed by atoms with van der Waals surface area (Å²) in [6.07, 6.45) is 4.08. The van der Waals surface area contributed by atoms with Crippen LogP contribution in [0, 0.1) is 0 Å². The van der Waals surface area contributed by atoms with Crippen LogP contribution in [0.1, 0.15) is 19.3 Å². The van der Waals surface area contributed by atoms with E-state index in [-0.39, 0.29) is 0 Å². The Hall–Kier alpha value is -1.91. The van der Waals surface area contributed by atoms with Gasteiger partial charge in [0.1, 0.15) is 23.2 Å². The standard InChI is InChI=1S/C22H22P/c1-4-11-19(12-5-1)23(22-17-10-18-22,20-13-6-2-7-14-20)21-15-8-3-9-16-21/h1-9,11-16,22H,10,17-18H2/q+1. The van der Waals surface area contributed by atoms with Crippen molar-refractivity contribution in [2.45, 2.75) is 24.9 Å². The Kier molecular flexibility index (Phi) is 4.02. The fourth-order valence-corrected chi connectivity index (χ4v) is 9.07. The summed E-state index contributed by atoms with van der Waals surface area (Å²) in [5.74, 6) is 0. The molecule has 1 saturated carbocycles. The number of hydrogen-bond acceptors (Lipinski definition) is 0. The van der Waals surface area contributed by atoms with E-state index in [2.05, 4.69) is 91.0 Å². The molecule has 0 spiro atoms. The summed E-state index contributed by atoms with van der Waals surface area (Å²) in [5, 5.41) is 4.59. The smallest absolute Gasteiger partial charge is 0.0620 e. The van der Waals surface area contributed by atoms with Crippen LogP contribution in [0.25, 0.3) is 0 Å². The fraction of sp³-hybridized carbons (Fsp3) is 0.182. The predicted octanol–water partition coefficient (Wildman–Crippen LogP) is 4.53. The SMILES string of the molecule is c1ccc([P+](c2ccccc2)(c2ccccc2)C2CCC2)cc1. The van der Waals surface area contributed by atoms with Gasteiger partial charge in [-0.2, -0.15) is 0 Å². The summed E-state index contributed by atoms with van der Waals surface area (Å²) in [7, 11) is -1.56. The first-order chi connectivity index (χ1) is 11.4. The van der Waals surface area contributed by atoms with Gasteiger partial charge in [-0.15, -0.1) is 0 Å². The summed E-state index contributed by atoms with van der Waals surface area (Å²) in [4.78, 5) is 0. The van der Waals surface area contributed by atoms with Crippen LogP contribution in [0.2, 0.25) is 0 Å². The van der Waals surface area contributed by atoms with Gasteiger partial charge in [0.25, 0.3) is 0 Å². The lowest BCUT2D eigenvalue weighted by Crippen LogP contribution is -2.41. The van der Waals surface area contributed by atoms with Crippen molar-refractivity contribution < 1.29 is 0 Å². The molecule has 1 fully saturated rings. The van der Waals surface area contributed by atoms with Gasteiger partial charge in [-0.05, 0) is 55.7 Å². The average Bonchev–Trinajstić information content (AvgIpc) is 2.60. The third-order valence-corrected chi connectivity index (χ3v) is 10.1. The van der Waals surface area contributed by atoms with E-state index in [0.717, 1.165) is 5.66 Å². The molecule has 0 aromatic heterocycles. The lowest BCUT2D eigenvalue weighted by atomic mass is 10.00. The minimum absolute atomic E-state index is 0.787. The Morgan fingerprint density at radius 2 is 0.870 bits per heavy atom. The van der Waals surface area contributed by atoms with E-state index >= 15 is 0 Å². The lowest BCUT2D eigenvalue weighted by Gasteiger charge is -2.39. The molecule has 4 rings (SSSR count). The van der Waals surface area contributed by atoms with E-state index in [1.165, 1.54) is 35.2 Å². The van der Waals surface area contributed by atoms with Crippen LogP contribution in [0.4, 0.5) is 0 Å². The molecular formula is C22H22P+. The Morgan fingerprint density at radius 1 is 0.522 bits per heavy atom. The van der Waals surface area contributed by atoms with Crippen LogP contribution < -0.4 is 15.9 Å². The van der Waals surface area contributed by atoms with Crippen molar-refractivity contribution in [3.63, 3.8) is 0 Å². The molecule has 114 valence electrons. The molecule has 0 atom stereocenters. The van der Waals surface area contributed by atoms with E-state index in [1.807, 2.05) is 0 Å². The molecule has 1 aliphatic carbocycles. The van der Waals surface area contributed by atoms with E-state index < -0.39 is 7.26 Å². The van der Waals surface area contributed by atoms with Crippen molar-refractivity contribution >= 4 is 23.2 Å². The second-order valence-electron chi connectivity index (χ2n) is 6.31. The third kappa shape index (κ3) is 2.42. The second-order valence-corrected chi connectivity index (χ2v) is 10.0. The topological polar surface area (TPSA) is 0 Å². The second kappa shape index (κ2) is 6.30. The first-order valence-corrected chi connectivity index (χ1v) is 10.3. The van der Waals surface area contributed by atoms with Gasteiger partial charge in [0, 0.05) is 0 Å². The predicted molar refractivity (Wildman–Crippen MR) is 103 cm³/mol. The van der Waals surface area contributed by atoms with Crippen molar-refractivity contribution in [3.05, 3.63) is 91.0 Å². The molecule has 0 saturated heterocycles. The Bertz CT molecular complexity index is 649. The maximum Gasteiger partial charge on any atom is 0.115 e. The number of benzene rings is 3. The molecule has 1 heteroatoms. The fourth-order valence-electron chi connectivity index (χ4n) is 3.84. The molecule has 0 amide bonds. The van der Waals surface area contributed by atoms with E-state index in [4.69, 9.17) is 0 Å². The van der Waals surface area contributed by atoms with Gasteiger partial charge < -0.3 is 0 Å². The summed E-state index contributed by atoms with van der Waals surface area (Å²) >= 11 is 0. The number of hydrogen-bond donors (Lipinski definition) is 0. The minimum atomic E-state index is -1.56. The van der Waals surface area contributed by atoms with Crippen molar-refractivity contribution in [3.8, 4) is 0 Å². The molecule has 0 heterocycles.